The molecule has 0 unspecified atom stereocenters. The SMILES string of the molecule is O=Cc1cnc(-c2cc(Cl)ccc2I)[nH]1. The number of imidazole rings is 1. The number of aldehydes is 1. The number of H-pyrrole nitrogens is 1. The number of carbonyl (C=O) groups is 1. The molecule has 1 N–H and O–H groups in total. The molecule has 1 aromatic heterocycles. The molecule has 2 rings (SSSR count). The van der Waals surface area contributed by atoms with Crippen molar-refractivity contribution in [2.45, 2.75) is 0 Å². The maximum Gasteiger partial charge on any atom is 0.167 e. The van der Waals surface area contributed by atoms with Crippen molar-refractivity contribution in [2.75, 3.05) is 0 Å². The molecule has 0 bridgehead atoms. The summed E-state index contributed by atoms with van der Waals surface area (Å²) in [4.78, 5) is 17.5. The van der Waals surface area contributed by atoms with Crippen LogP contribution >= 0.6 is 34.2 Å². The molecule has 76 valence electrons. The highest BCUT2D eigenvalue weighted by Crippen LogP contribution is 2.25. The molecule has 3 nitrogen and oxygen atoms in total. The van der Waals surface area contributed by atoms with Crippen LogP contribution in [0.2, 0.25) is 5.02 Å². The van der Waals surface area contributed by atoms with Crippen LogP contribution in [0.15, 0.2) is 24.4 Å². The molecule has 0 aliphatic rings. The highest BCUT2D eigenvalue weighted by Gasteiger charge is 2.07. The zero-order valence-electron chi connectivity index (χ0n) is 7.50. The summed E-state index contributed by atoms with van der Waals surface area (Å²) < 4.78 is 1.03. The average molecular weight is 333 g/mol. The van der Waals surface area contributed by atoms with Crippen LogP contribution in [0, 0.1) is 3.57 Å². The lowest BCUT2D eigenvalue weighted by Crippen LogP contribution is -1.86. The Balaban J connectivity index is 2.52. The van der Waals surface area contributed by atoms with E-state index in [0.29, 0.717) is 16.5 Å². The van der Waals surface area contributed by atoms with Gasteiger partial charge in [-0.1, -0.05) is 11.6 Å². The minimum absolute atomic E-state index is 0.459. The first-order chi connectivity index (χ1) is 7.20. The lowest BCUT2D eigenvalue weighted by Gasteiger charge is -2.01. The fourth-order valence-corrected chi connectivity index (χ4v) is 1.97. The second-order valence-electron chi connectivity index (χ2n) is 2.93. The summed E-state index contributed by atoms with van der Waals surface area (Å²) in [6.07, 6.45) is 2.23. The van der Waals surface area contributed by atoms with E-state index >= 15 is 0 Å². The van der Waals surface area contributed by atoms with E-state index in [1.165, 1.54) is 6.20 Å². The van der Waals surface area contributed by atoms with E-state index in [1.807, 2.05) is 18.2 Å². The van der Waals surface area contributed by atoms with Gasteiger partial charge in [0.1, 0.15) is 5.82 Å². The summed E-state index contributed by atoms with van der Waals surface area (Å²) >= 11 is 8.09. The average Bonchev–Trinajstić information content (AvgIpc) is 2.70. The lowest BCUT2D eigenvalue weighted by molar-refractivity contribution is 0.111. The Bertz CT molecular complexity index is 510. The normalized spacial score (nSPS) is 10.3. The highest BCUT2D eigenvalue weighted by molar-refractivity contribution is 14.1. The van der Waals surface area contributed by atoms with Crippen molar-refractivity contribution in [1.29, 1.82) is 0 Å². The Morgan fingerprint density at radius 2 is 2.27 bits per heavy atom. The molecule has 0 saturated heterocycles. The quantitative estimate of drug-likeness (QED) is 0.678. The van der Waals surface area contributed by atoms with Crippen LogP contribution in [-0.2, 0) is 0 Å². The maximum atomic E-state index is 10.5. The van der Waals surface area contributed by atoms with Gasteiger partial charge in [-0.25, -0.2) is 4.98 Å². The second kappa shape index (κ2) is 4.32. The Labute approximate surface area is 105 Å². The van der Waals surface area contributed by atoms with Crippen molar-refractivity contribution in [1.82, 2.24) is 9.97 Å². The number of aromatic amines is 1. The van der Waals surface area contributed by atoms with E-state index in [1.54, 1.807) is 0 Å². The summed E-state index contributed by atoms with van der Waals surface area (Å²) in [6.45, 7) is 0. The Morgan fingerprint density at radius 1 is 1.47 bits per heavy atom. The Hall–Kier alpha value is -0.880. The van der Waals surface area contributed by atoms with Gasteiger partial charge in [-0.05, 0) is 40.8 Å². The zero-order chi connectivity index (χ0) is 10.8. The predicted molar refractivity (Wildman–Crippen MR) is 67.1 cm³/mol. The minimum Gasteiger partial charge on any atom is -0.336 e. The number of nitrogens with zero attached hydrogens (tertiary/aromatic N) is 1. The van der Waals surface area contributed by atoms with E-state index in [0.717, 1.165) is 15.4 Å². The molecule has 0 saturated carbocycles. The molecule has 0 fully saturated rings. The van der Waals surface area contributed by atoms with Crippen LogP contribution in [0.4, 0.5) is 0 Å². The zero-order valence-corrected chi connectivity index (χ0v) is 10.4. The molecule has 1 heterocycles. The van der Waals surface area contributed by atoms with Crippen molar-refractivity contribution in [2.24, 2.45) is 0 Å². The fourth-order valence-electron chi connectivity index (χ4n) is 1.21. The smallest absolute Gasteiger partial charge is 0.167 e. The van der Waals surface area contributed by atoms with Crippen molar-refractivity contribution in [3.8, 4) is 11.4 Å². The summed E-state index contributed by atoms with van der Waals surface area (Å²) in [5.41, 5.74) is 1.36. The summed E-state index contributed by atoms with van der Waals surface area (Å²) in [5.74, 6) is 0.656. The summed E-state index contributed by atoms with van der Waals surface area (Å²) in [5, 5.41) is 0.648. The number of benzene rings is 1. The molecule has 0 amide bonds. The van der Waals surface area contributed by atoms with Gasteiger partial charge >= 0.3 is 0 Å². The van der Waals surface area contributed by atoms with E-state index < -0.39 is 0 Å². The van der Waals surface area contributed by atoms with Crippen molar-refractivity contribution in [3.05, 3.63) is 38.7 Å². The number of halogens is 2. The third-order valence-corrected chi connectivity index (χ3v) is 3.08. The van der Waals surface area contributed by atoms with Crippen molar-refractivity contribution >= 4 is 40.5 Å². The third-order valence-electron chi connectivity index (χ3n) is 1.91. The van der Waals surface area contributed by atoms with Crippen LogP contribution in [0.5, 0.6) is 0 Å². The van der Waals surface area contributed by atoms with Gasteiger partial charge in [-0.3, -0.25) is 4.79 Å². The Morgan fingerprint density at radius 3 is 2.93 bits per heavy atom. The van der Waals surface area contributed by atoms with Gasteiger partial charge in [0.05, 0.1) is 11.9 Å². The molecule has 0 spiro atoms. The van der Waals surface area contributed by atoms with Crippen LogP contribution in [-0.4, -0.2) is 16.3 Å². The molecule has 15 heavy (non-hydrogen) atoms. The first-order valence-electron chi connectivity index (χ1n) is 4.16. The lowest BCUT2D eigenvalue weighted by atomic mass is 10.2. The molecule has 2 aromatic rings. The molecule has 0 aliphatic heterocycles. The van der Waals surface area contributed by atoms with Crippen molar-refractivity contribution < 1.29 is 4.79 Å². The number of hydrogen-bond acceptors (Lipinski definition) is 2. The van der Waals surface area contributed by atoms with Crippen LogP contribution in [0.1, 0.15) is 10.5 Å². The van der Waals surface area contributed by atoms with Gasteiger partial charge < -0.3 is 4.98 Å². The van der Waals surface area contributed by atoms with E-state index in [4.69, 9.17) is 11.6 Å². The number of hydrogen-bond donors (Lipinski definition) is 1. The van der Waals surface area contributed by atoms with Crippen LogP contribution < -0.4 is 0 Å². The molecule has 0 atom stereocenters. The summed E-state index contributed by atoms with van der Waals surface area (Å²) in [7, 11) is 0. The van der Waals surface area contributed by atoms with Crippen molar-refractivity contribution in [3.63, 3.8) is 0 Å². The number of aromatic nitrogens is 2. The van der Waals surface area contributed by atoms with Gasteiger partial charge in [0, 0.05) is 14.2 Å². The van der Waals surface area contributed by atoms with Crippen LogP contribution in [0.25, 0.3) is 11.4 Å². The molecule has 0 aliphatic carbocycles. The van der Waals surface area contributed by atoms with Gasteiger partial charge in [-0.15, -0.1) is 0 Å². The van der Waals surface area contributed by atoms with Gasteiger partial charge in [-0.2, -0.15) is 0 Å². The first-order valence-corrected chi connectivity index (χ1v) is 5.62. The topological polar surface area (TPSA) is 45.8 Å². The molecular formula is C10H6ClIN2O. The molecule has 0 radical (unpaired) electrons. The third kappa shape index (κ3) is 2.21. The number of rotatable bonds is 2. The number of nitrogens with one attached hydrogen (secondary N) is 1. The van der Waals surface area contributed by atoms with E-state index in [-0.39, 0.29) is 0 Å². The van der Waals surface area contributed by atoms with Gasteiger partial charge in [0.2, 0.25) is 0 Å². The van der Waals surface area contributed by atoms with E-state index in [9.17, 15) is 4.79 Å². The fraction of sp³-hybridized carbons (Fsp3) is 0. The van der Waals surface area contributed by atoms with E-state index in [2.05, 4.69) is 32.6 Å². The maximum absolute atomic E-state index is 10.5. The van der Waals surface area contributed by atoms with Gasteiger partial charge in [0.15, 0.2) is 6.29 Å². The molecular weight excluding hydrogens is 326 g/mol. The first kappa shape index (κ1) is 10.6. The molecule has 1 aromatic carbocycles. The largest absolute Gasteiger partial charge is 0.336 e. The highest BCUT2D eigenvalue weighted by atomic mass is 127. The predicted octanol–water partition coefficient (Wildman–Crippen LogP) is 3.15. The standard InChI is InChI=1S/C10H6ClIN2O/c11-6-1-2-9(12)8(3-6)10-13-4-7(5-15)14-10/h1-5H,(H,13,14). The Kier molecular flexibility index (Phi) is 3.06. The summed E-state index contributed by atoms with van der Waals surface area (Å²) in [6, 6.07) is 5.54. The van der Waals surface area contributed by atoms with Gasteiger partial charge in [0.25, 0.3) is 0 Å². The second-order valence-corrected chi connectivity index (χ2v) is 4.53. The molecule has 5 heteroatoms. The van der Waals surface area contributed by atoms with Crippen LogP contribution in [0.3, 0.4) is 0 Å². The number of carbonyl (C=O) groups excluding carboxylic acids is 1. The monoisotopic (exact) mass is 332 g/mol. The minimum atomic E-state index is 0.459.